The van der Waals surface area contributed by atoms with Crippen LogP contribution in [0.1, 0.15) is 25.8 Å². The van der Waals surface area contributed by atoms with E-state index in [-0.39, 0.29) is 21.9 Å². The Labute approximate surface area is 195 Å². The number of carbonyl (C=O) groups excluding carboxylic acids is 2. The van der Waals surface area contributed by atoms with Crippen LogP contribution in [0.3, 0.4) is 0 Å². The number of halogens is 3. The molecule has 0 aliphatic heterocycles. The smallest absolute Gasteiger partial charge is 0.267 e. The maximum atomic E-state index is 13.3. The number of rotatable bonds is 4. The van der Waals surface area contributed by atoms with Crippen LogP contribution in [0.25, 0.3) is 21.1 Å². The van der Waals surface area contributed by atoms with Gasteiger partial charge in [-0.2, -0.15) is 0 Å². The Morgan fingerprint density at radius 2 is 1.69 bits per heavy atom. The number of nitrogens with one attached hydrogen (secondary N) is 1. The molecule has 3 aromatic carbocycles. The summed E-state index contributed by atoms with van der Waals surface area (Å²) in [4.78, 5) is 26.6. The van der Waals surface area contributed by atoms with Crippen LogP contribution < -0.4 is 5.32 Å². The topological polar surface area (TPSA) is 59.3 Å². The highest BCUT2D eigenvalue weighted by atomic mass is 35.5. The fourth-order valence-corrected chi connectivity index (χ4v) is 5.11. The Morgan fingerprint density at radius 3 is 2.47 bits per heavy atom. The van der Waals surface area contributed by atoms with E-state index >= 15 is 0 Å². The van der Waals surface area contributed by atoms with Gasteiger partial charge in [0.25, 0.3) is 5.91 Å². The van der Waals surface area contributed by atoms with Gasteiger partial charge >= 0.3 is 0 Å². The fraction of sp³-hybridized carbons (Fsp3) is 0. The highest BCUT2D eigenvalue weighted by Gasteiger charge is 2.25. The molecule has 32 heavy (non-hydrogen) atoms. The van der Waals surface area contributed by atoms with E-state index in [9.17, 15) is 14.0 Å². The monoisotopic (exact) mass is 483 g/mol. The zero-order chi connectivity index (χ0) is 22.4. The van der Waals surface area contributed by atoms with Gasteiger partial charge in [-0.25, -0.2) is 4.39 Å². The van der Waals surface area contributed by atoms with Gasteiger partial charge in [0.15, 0.2) is 5.76 Å². The second-order valence-corrected chi connectivity index (χ2v) is 8.84. The van der Waals surface area contributed by atoms with E-state index in [0.29, 0.717) is 26.4 Å². The van der Waals surface area contributed by atoms with Crippen molar-refractivity contribution in [3.8, 4) is 0 Å². The SMILES string of the molecule is O=C(c1ccc(F)cc1)c1oc2ccccc2c1NC(=O)c1sc2cc(Cl)ccc2c1Cl. The molecule has 1 amide bonds. The van der Waals surface area contributed by atoms with Crippen molar-refractivity contribution in [3.63, 3.8) is 0 Å². The van der Waals surface area contributed by atoms with Gasteiger partial charge in [0.1, 0.15) is 16.3 Å². The van der Waals surface area contributed by atoms with Crippen LogP contribution in [0.5, 0.6) is 0 Å². The number of fused-ring (bicyclic) bond motifs is 2. The van der Waals surface area contributed by atoms with Crippen molar-refractivity contribution >= 4 is 73.0 Å². The zero-order valence-corrected chi connectivity index (χ0v) is 18.4. The van der Waals surface area contributed by atoms with E-state index in [4.69, 9.17) is 27.6 Å². The van der Waals surface area contributed by atoms with E-state index in [1.165, 1.54) is 35.6 Å². The molecular formula is C24H12Cl2FNO3S. The van der Waals surface area contributed by atoms with Crippen molar-refractivity contribution < 1.29 is 18.4 Å². The van der Waals surface area contributed by atoms with Crippen molar-refractivity contribution in [3.05, 3.63) is 98.8 Å². The molecule has 5 aromatic rings. The molecule has 0 fully saturated rings. The second-order valence-electron chi connectivity index (χ2n) is 6.98. The highest BCUT2D eigenvalue weighted by Crippen LogP contribution is 2.38. The largest absolute Gasteiger partial charge is 0.450 e. The first kappa shape index (κ1) is 20.7. The molecule has 2 aromatic heterocycles. The first-order chi connectivity index (χ1) is 15.4. The third-order valence-electron chi connectivity index (χ3n) is 4.94. The first-order valence-electron chi connectivity index (χ1n) is 9.43. The quantitative estimate of drug-likeness (QED) is 0.268. The van der Waals surface area contributed by atoms with Crippen molar-refractivity contribution in [1.82, 2.24) is 0 Å². The normalized spacial score (nSPS) is 11.2. The summed E-state index contributed by atoms with van der Waals surface area (Å²) in [6.07, 6.45) is 0. The lowest BCUT2D eigenvalue weighted by atomic mass is 10.1. The van der Waals surface area contributed by atoms with Gasteiger partial charge < -0.3 is 9.73 Å². The van der Waals surface area contributed by atoms with E-state index < -0.39 is 17.5 Å². The van der Waals surface area contributed by atoms with Gasteiger partial charge in [0, 0.05) is 26.1 Å². The predicted octanol–water partition coefficient (Wildman–Crippen LogP) is 7.58. The maximum Gasteiger partial charge on any atom is 0.267 e. The summed E-state index contributed by atoms with van der Waals surface area (Å²) in [6, 6.07) is 17.3. The maximum absolute atomic E-state index is 13.3. The fourth-order valence-electron chi connectivity index (χ4n) is 3.42. The lowest BCUT2D eigenvalue weighted by Crippen LogP contribution is -2.13. The van der Waals surface area contributed by atoms with E-state index in [1.807, 2.05) is 0 Å². The first-order valence-corrected chi connectivity index (χ1v) is 11.0. The summed E-state index contributed by atoms with van der Waals surface area (Å²) in [7, 11) is 0. The molecule has 0 aliphatic rings. The Bertz CT molecular complexity index is 1520. The van der Waals surface area contributed by atoms with Gasteiger partial charge in [-0.1, -0.05) is 41.4 Å². The summed E-state index contributed by atoms with van der Waals surface area (Å²) in [5.41, 5.74) is 0.893. The van der Waals surface area contributed by atoms with Gasteiger partial charge in [-0.05, 0) is 48.5 Å². The second kappa shape index (κ2) is 8.06. The number of anilines is 1. The zero-order valence-electron chi connectivity index (χ0n) is 16.1. The lowest BCUT2D eigenvalue weighted by molar-refractivity contribution is 0.101. The number of furan rings is 1. The van der Waals surface area contributed by atoms with Crippen molar-refractivity contribution in [1.29, 1.82) is 0 Å². The molecular weight excluding hydrogens is 472 g/mol. The van der Waals surface area contributed by atoms with Gasteiger partial charge in [-0.15, -0.1) is 11.3 Å². The number of ketones is 1. The summed E-state index contributed by atoms with van der Waals surface area (Å²) in [5, 5.41) is 4.91. The van der Waals surface area contributed by atoms with Crippen LogP contribution in [0.4, 0.5) is 10.1 Å². The molecule has 158 valence electrons. The summed E-state index contributed by atoms with van der Waals surface area (Å²) in [5.74, 6) is -1.47. The number of para-hydroxylation sites is 1. The van der Waals surface area contributed by atoms with Crippen LogP contribution in [-0.4, -0.2) is 11.7 Å². The van der Waals surface area contributed by atoms with E-state index in [2.05, 4.69) is 5.32 Å². The van der Waals surface area contributed by atoms with Crippen molar-refractivity contribution in [2.75, 3.05) is 5.32 Å². The molecule has 0 atom stereocenters. The average molecular weight is 484 g/mol. The van der Waals surface area contributed by atoms with Crippen LogP contribution in [0.2, 0.25) is 10.0 Å². The number of benzene rings is 3. The molecule has 4 nitrogen and oxygen atoms in total. The predicted molar refractivity (Wildman–Crippen MR) is 126 cm³/mol. The van der Waals surface area contributed by atoms with Gasteiger partial charge in [-0.3, -0.25) is 9.59 Å². The summed E-state index contributed by atoms with van der Waals surface area (Å²) >= 11 is 13.7. The van der Waals surface area contributed by atoms with E-state index in [0.717, 1.165) is 4.70 Å². The third kappa shape index (κ3) is 3.56. The molecule has 1 N–H and O–H groups in total. The number of carbonyl (C=O) groups is 2. The van der Waals surface area contributed by atoms with Gasteiger partial charge in [0.2, 0.25) is 5.78 Å². The van der Waals surface area contributed by atoms with Crippen molar-refractivity contribution in [2.45, 2.75) is 0 Å². The molecule has 5 rings (SSSR count). The molecule has 0 saturated heterocycles. The van der Waals surface area contributed by atoms with Crippen LogP contribution in [0, 0.1) is 5.82 Å². The minimum Gasteiger partial charge on any atom is -0.450 e. The molecule has 0 unspecified atom stereocenters. The van der Waals surface area contributed by atoms with Crippen molar-refractivity contribution in [2.24, 2.45) is 0 Å². The van der Waals surface area contributed by atoms with Gasteiger partial charge in [0.05, 0.1) is 10.7 Å². The molecule has 0 radical (unpaired) electrons. The minimum atomic E-state index is -0.481. The Hall–Kier alpha value is -3.19. The lowest BCUT2D eigenvalue weighted by Gasteiger charge is -2.05. The Balaban J connectivity index is 1.59. The molecule has 0 aliphatic carbocycles. The summed E-state index contributed by atoms with van der Waals surface area (Å²) < 4.78 is 19.9. The molecule has 0 saturated carbocycles. The Kier molecular flexibility index (Phi) is 5.21. The highest BCUT2D eigenvalue weighted by molar-refractivity contribution is 7.21. The van der Waals surface area contributed by atoms with Crippen LogP contribution in [0.15, 0.2) is 71.1 Å². The number of amides is 1. The number of thiophene rings is 1. The summed E-state index contributed by atoms with van der Waals surface area (Å²) in [6.45, 7) is 0. The van der Waals surface area contributed by atoms with Crippen LogP contribution >= 0.6 is 34.5 Å². The molecule has 2 heterocycles. The standard InChI is InChI=1S/C24H12Cl2FNO3S/c25-13-7-10-16-18(11-13)32-23(19(16)26)24(30)28-20-15-3-1-2-4-17(15)31-22(20)21(29)12-5-8-14(27)9-6-12/h1-11H,(H,28,30). The molecule has 8 heteroatoms. The number of hydrogen-bond donors (Lipinski definition) is 1. The van der Waals surface area contributed by atoms with E-state index in [1.54, 1.807) is 42.5 Å². The Morgan fingerprint density at radius 1 is 0.938 bits per heavy atom. The van der Waals surface area contributed by atoms with Crippen LogP contribution in [-0.2, 0) is 0 Å². The number of hydrogen-bond acceptors (Lipinski definition) is 4. The minimum absolute atomic E-state index is 0.0496. The third-order valence-corrected chi connectivity index (χ3v) is 6.84. The molecule has 0 spiro atoms. The average Bonchev–Trinajstić information content (AvgIpc) is 3.31. The molecule has 0 bridgehead atoms.